The van der Waals surface area contributed by atoms with Crippen LogP contribution >= 0.6 is 0 Å². The van der Waals surface area contributed by atoms with Crippen molar-refractivity contribution in [2.24, 2.45) is 11.8 Å². The molecule has 0 amide bonds. The summed E-state index contributed by atoms with van der Waals surface area (Å²) in [6.45, 7) is 8.97. The minimum atomic E-state index is -0.492. The fourth-order valence-corrected chi connectivity index (χ4v) is 5.56. The van der Waals surface area contributed by atoms with Gasteiger partial charge in [-0.2, -0.15) is 0 Å². The molecule has 1 aliphatic rings. The predicted octanol–water partition coefficient (Wildman–Crippen LogP) is 7.23. The molecule has 4 rings (SSSR count). The van der Waals surface area contributed by atoms with Crippen molar-refractivity contribution < 1.29 is 9.53 Å². The van der Waals surface area contributed by atoms with E-state index in [1.807, 2.05) is 20.8 Å². The molecule has 1 fully saturated rings. The Kier molecular flexibility index (Phi) is 8.07. The molecule has 1 aliphatic carbocycles. The highest BCUT2D eigenvalue weighted by Gasteiger charge is 2.46. The standard InChI is InChI=1S/C32H39NO2/c1-24(27-18-12-7-13-19-27)33(23-26-16-10-6-11-17-26)30-28(22-25-14-8-5-9-15-25)20-21-29(30)31(34)35-32(2,3)4/h5-19,24,28-30H,20-23H2,1-4H3/t24-,28+,29-,30+/m0/s1. The number of esters is 1. The summed E-state index contributed by atoms with van der Waals surface area (Å²) in [6, 6.07) is 32.3. The maximum absolute atomic E-state index is 13.5. The smallest absolute Gasteiger partial charge is 0.311 e. The maximum Gasteiger partial charge on any atom is 0.311 e. The van der Waals surface area contributed by atoms with Gasteiger partial charge in [0.05, 0.1) is 5.92 Å². The van der Waals surface area contributed by atoms with Crippen LogP contribution in [0.5, 0.6) is 0 Å². The Morgan fingerprint density at radius 1 is 0.857 bits per heavy atom. The van der Waals surface area contributed by atoms with E-state index < -0.39 is 5.60 Å². The topological polar surface area (TPSA) is 29.5 Å². The van der Waals surface area contributed by atoms with Crippen LogP contribution in [0.25, 0.3) is 0 Å². The molecule has 0 aromatic heterocycles. The second-order valence-electron chi connectivity index (χ2n) is 10.9. The fraction of sp³-hybridized carbons (Fsp3) is 0.406. The zero-order chi connectivity index (χ0) is 24.8. The minimum Gasteiger partial charge on any atom is -0.460 e. The number of carbonyl (C=O) groups is 1. The molecule has 0 heterocycles. The van der Waals surface area contributed by atoms with Gasteiger partial charge in [-0.25, -0.2) is 0 Å². The Bertz CT molecular complexity index is 1060. The number of rotatable bonds is 8. The molecule has 4 atom stereocenters. The summed E-state index contributed by atoms with van der Waals surface area (Å²) in [5.41, 5.74) is 3.38. The molecule has 35 heavy (non-hydrogen) atoms. The normalized spacial score (nSPS) is 21.1. The molecule has 184 valence electrons. The zero-order valence-corrected chi connectivity index (χ0v) is 21.6. The van der Waals surface area contributed by atoms with Crippen molar-refractivity contribution in [2.45, 2.75) is 71.2 Å². The van der Waals surface area contributed by atoms with Crippen LogP contribution in [0.1, 0.15) is 63.3 Å². The quantitative estimate of drug-likeness (QED) is 0.326. The number of hydrogen-bond donors (Lipinski definition) is 0. The van der Waals surface area contributed by atoms with Crippen molar-refractivity contribution in [3.8, 4) is 0 Å². The van der Waals surface area contributed by atoms with Crippen LogP contribution in [-0.2, 0) is 22.5 Å². The van der Waals surface area contributed by atoms with Gasteiger partial charge in [-0.05, 0) is 69.6 Å². The summed E-state index contributed by atoms with van der Waals surface area (Å²) in [5, 5.41) is 0. The molecule has 0 N–H and O–H groups in total. The highest BCUT2D eigenvalue weighted by atomic mass is 16.6. The molecule has 0 aliphatic heterocycles. The molecule has 3 aromatic carbocycles. The lowest BCUT2D eigenvalue weighted by molar-refractivity contribution is -0.162. The van der Waals surface area contributed by atoms with Crippen molar-refractivity contribution in [3.05, 3.63) is 108 Å². The lowest BCUT2D eigenvalue weighted by atomic mass is 9.88. The maximum atomic E-state index is 13.5. The molecule has 1 saturated carbocycles. The second-order valence-corrected chi connectivity index (χ2v) is 10.9. The van der Waals surface area contributed by atoms with Crippen LogP contribution in [0.3, 0.4) is 0 Å². The highest BCUT2D eigenvalue weighted by molar-refractivity contribution is 5.74. The average molecular weight is 470 g/mol. The summed E-state index contributed by atoms with van der Waals surface area (Å²) in [7, 11) is 0. The van der Waals surface area contributed by atoms with E-state index in [2.05, 4.69) is 103 Å². The van der Waals surface area contributed by atoms with E-state index >= 15 is 0 Å². The van der Waals surface area contributed by atoms with Crippen LogP contribution in [-0.4, -0.2) is 22.5 Å². The number of benzene rings is 3. The van der Waals surface area contributed by atoms with E-state index in [1.165, 1.54) is 16.7 Å². The van der Waals surface area contributed by atoms with Gasteiger partial charge in [0.1, 0.15) is 5.60 Å². The monoisotopic (exact) mass is 469 g/mol. The molecule has 0 unspecified atom stereocenters. The van der Waals surface area contributed by atoms with Crippen molar-refractivity contribution in [1.29, 1.82) is 0 Å². The van der Waals surface area contributed by atoms with Gasteiger partial charge in [-0.3, -0.25) is 9.69 Å². The largest absolute Gasteiger partial charge is 0.460 e. The highest BCUT2D eigenvalue weighted by Crippen LogP contribution is 2.42. The first kappa shape index (κ1) is 25.2. The summed E-state index contributed by atoms with van der Waals surface area (Å²) in [4.78, 5) is 16.1. The van der Waals surface area contributed by atoms with Crippen molar-refractivity contribution in [2.75, 3.05) is 0 Å². The first-order chi connectivity index (χ1) is 16.8. The third-order valence-electron chi connectivity index (χ3n) is 7.16. The Balaban J connectivity index is 1.72. The van der Waals surface area contributed by atoms with Crippen LogP contribution in [0.2, 0.25) is 0 Å². The van der Waals surface area contributed by atoms with E-state index in [9.17, 15) is 4.79 Å². The molecule has 3 aromatic rings. The van der Waals surface area contributed by atoms with Gasteiger partial charge in [0, 0.05) is 18.6 Å². The number of ether oxygens (including phenoxy) is 1. The van der Waals surface area contributed by atoms with Crippen LogP contribution < -0.4 is 0 Å². The van der Waals surface area contributed by atoms with Gasteiger partial charge in [-0.1, -0.05) is 91.0 Å². The van der Waals surface area contributed by atoms with E-state index in [4.69, 9.17) is 4.74 Å². The third kappa shape index (κ3) is 6.61. The summed E-state index contributed by atoms with van der Waals surface area (Å²) >= 11 is 0. The molecular formula is C32H39NO2. The number of carbonyl (C=O) groups excluding carboxylic acids is 1. The van der Waals surface area contributed by atoms with Crippen LogP contribution in [0.4, 0.5) is 0 Å². The first-order valence-electron chi connectivity index (χ1n) is 12.9. The average Bonchev–Trinajstić information content (AvgIpc) is 3.26. The second kappa shape index (κ2) is 11.2. The first-order valence-corrected chi connectivity index (χ1v) is 12.9. The lowest BCUT2D eigenvalue weighted by Gasteiger charge is -2.41. The van der Waals surface area contributed by atoms with Crippen LogP contribution in [0.15, 0.2) is 91.0 Å². The van der Waals surface area contributed by atoms with Gasteiger partial charge >= 0.3 is 5.97 Å². The summed E-state index contributed by atoms with van der Waals surface area (Å²) < 4.78 is 5.97. The summed E-state index contributed by atoms with van der Waals surface area (Å²) in [6.07, 6.45) is 2.86. The Morgan fingerprint density at radius 2 is 1.40 bits per heavy atom. The van der Waals surface area contributed by atoms with Gasteiger partial charge in [-0.15, -0.1) is 0 Å². The van der Waals surface area contributed by atoms with Gasteiger partial charge in [0.2, 0.25) is 0 Å². The fourth-order valence-electron chi connectivity index (χ4n) is 5.56. The molecule has 3 heteroatoms. The SMILES string of the molecule is C[C@@H](c1ccccc1)N(Cc1ccccc1)[C@@H]1[C@@H](Cc2ccccc2)CC[C@@H]1C(=O)OC(C)(C)C. The number of nitrogens with zero attached hydrogens (tertiary/aromatic N) is 1. The van der Waals surface area contributed by atoms with Crippen molar-refractivity contribution in [3.63, 3.8) is 0 Å². The van der Waals surface area contributed by atoms with E-state index in [-0.39, 0.29) is 24.0 Å². The van der Waals surface area contributed by atoms with Gasteiger partial charge in [0.15, 0.2) is 0 Å². The third-order valence-corrected chi connectivity index (χ3v) is 7.16. The molecule has 3 nitrogen and oxygen atoms in total. The van der Waals surface area contributed by atoms with Crippen molar-refractivity contribution >= 4 is 5.97 Å². The summed E-state index contributed by atoms with van der Waals surface area (Å²) in [5.74, 6) is 0.180. The zero-order valence-electron chi connectivity index (χ0n) is 21.6. The molecule has 0 radical (unpaired) electrons. The Labute approximate surface area is 211 Å². The minimum absolute atomic E-state index is 0.0589. The van der Waals surface area contributed by atoms with Crippen LogP contribution in [0, 0.1) is 11.8 Å². The Hall–Kier alpha value is -2.91. The molecule has 0 saturated heterocycles. The Morgan fingerprint density at radius 3 is 1.97 bits per heavy atom. The van der Waals surface area contributed by atoms with E-state index in [0.29, 0.717) is 5.92 Å². The van der Waals surface area contributed by atoms with Gasteiger partial charge in [0.25, 0.3) is 0 Å². The lowest BCUT2D eigenvalue weighted by Crippen LogP contribution is -2.47. The molecule has 0 bridgehead atoms. The van der Waals surface area contributed by atoms with Gasteiger partial charge < -0.3 is 4.74 Å². The predicted molar refractivity (Wildman–Crippen MR) is 143 cm³/mol. The van der Waals surface area contributed by atoms with Crippen molar-refractivity contribution in [1.82, 2.24) is 4.90 Å². The number of hydrogen-bond acceptors (Lipinski definition) is 3. The van der Waals surface area contributed by atoms with E-state index in [0.717, 1.165) is 25.8 Å². The van der Waals surface area contributed by atoms with E-state index in [1.54, 1.807) is 0 Å². The molecular weight excluding hydrogens is 430 g/mol. The molecule has 0 spiro atoms.